The van der Waals surface area contributed by atoms with Gasteiger partial charge in [-0.25, -0.2) is 4.98 Å². The summed E-state index contributed by atoms with van der Waals surface area (Å²) in [4.78, 5) is 5.89. The van der Waals surface area contributed by atoms with Gasteiger partial charge >= 0.3 is 6.18 Å². The molecule has 1 aliphatic heterocycles. The van der Waals surface area contributed by atoms with Crippen molar-refractivity contribution in [1.29, 1.82) is 0 Å². The molecular formula is C13H19F3N2OS. The molecule has 1 fully saturated rings. The van der Waals surface area contributed by atoms with Crippen LogP contribution in [0.2, 0.25) is 0 Å². The van der Waals surface area contributed by atoms with Gasteiger partial charge in [-0.15, -0.1) is 11.3 Å². The third-order valence-electron chi connectivity index (χ3n) is 3.40. The van der Waals surface area contributed by atoms with Gasteiger partial charge in [0.15, 0.2) is 5.69 Å². The number of alkyl halides is 3. The summed E-state index contributed by atoms with van der Waals surface area (Å²) in [5, 5.41) is 0.465. The maximum atomic E-state index is 12.9. The largest absolute Gasteiger partial charge is 0.434 e. The molecule has 1 aromatic heterocycles. The van der Waals surface area contributed by atoms with Crippen molar-refractivity contribution in [2.75, 3.05) is 26.8 Å². The normalized spacial score (nSPS) is 17.9. The zero-order valence-electron chi connectivity index (χ0n) is 11.7. The van der Waals surface area contributed by atoms with Gasteiger partial charge in [-0.3, -0.25) is 0 Å². The topological polar surface area (TPSA) is 25.4 Å². The lowest BCUT2D eigenvalue weighted by Crippen LogP contribution is -2.29. The van der Waals surface area contributed by atoms with Crippen molar-refractivity contribution < 1.29 is 17.9 Å². The highest BCUT2D eigenvalue weighted by Gasteiger charge is 2.37. The summed E-state index contributed by atoms with van der Waals surface area (Å²) in [6, 6.07) is 0. The van der Waals surface area contributed by atoms with E-state index < -0.39 is 11.9 Å². The minimum Gasteiger partial charge on any atom is -0.381 e. The molecule has 0 atom stereocenters. The Kier molecular flexibility index (Phi) is 5.04. The van der Waals surface area contributed by atoms with E-state index in [9.17, 15) is 13.2 Å². The number of thiazole rings is 1. The minimum absolute atomic E-state index is 0.303. The summed E-state index contributed by atoms with van der Waals surface area (Å²) in [5.41, 5.74) is -0.723. The Hall–Kier alpha value is -0.660. The van der Waals surface area contributed by atoms with Gasteiger partial charge in [0.2, 0.25) is 0 Å². The highest BCUT2D eigenvalue weighted by atomic mass is 32.1. The van der Waals surface area contributed by atoms with Crippen LogP contribution in [-0.2, 0) is 17.5 Å². The average Bonchev–Trinajstić information content (AvgIpc) is 2.71. The molecule has 0 saturated carbocycles. The number of ether oxygens (including phenoxy) is 1. The van der Waals surface area contributed by atoms with E-state index in [0.717, 1.165) is 43.9 Å². The molecule has 7 heteroatoms. The maximum Gasteiger partial charge on any atom is 0.434 e. The van der Waals surface area contributed by atoms with Crippen molar-refractivity contribution in [3.8, 4) is 0 Å². The van der Waals surface area contributed by atoms with Crippen molar-refractivity contribution in [1.82, 2.24) is 9.88 Å². The van der Waals surface area contributed by atoms with E-state index in [2.05, 4.69) is 4.98 Å². The fourth-order valence-corrected chi connectivity index (χ4v) is 3.51. The van der Waals surface area contributed by atoms with E-state index in [4.69, 9.17) is 4.74 Å². The lowest BCUT2D eigenvalue weighted by Gasteiger charge is -2.27. The summed E-state index contributed by atoms with van der Waals surface area (Å²) < 4.78 is 43.9. The summed E-state index contributed by atoms with van der Waals surface area (Å²) in [6.45, 7) is 4.23. The van der Waals surface area contributed by atoms with Crippen molar-refractivity contribution in [2.45, 2.75) is 32.5 Å². The summed E-state index contributed by atoms with van der Waals surface area (Å²) in [7, 11) is 1.87. The lowest BCUT2D eigenvalue weighted by atomic mass is 10.00. The molecule has 0 spiro atoms. The van der Waals surface area contributed by atoms with Crippen LogP contribution in [0.5, 0.6) is 0 Å². The second-order valence-corrected chi connectivity index (χ2v) is 6.54. The third-order valence-corrected chi connectivity index (χ3v) is 4.35. The first kappa shape index (κ1) is 15.7. The van der Waals surface area contributed by atoms with Crippen LogP contribution in [-0.4, -0.2) is 36.7 Å². The summed E-state index contributed by atoms with van der Waals surface area (Å²) >= 11 is 1.13. The van der Waals surface area contributed by atoms with Gasteiger partial charge in [0, 0.05) is 26.3 Å². The highest BCUT2D eigenvalue weighted by molar-refractivity contribution is 7.11. The molecule has 0 aliphatic carbocycles. The SMILES string of the molecule is Cc1nc(C(F)(F)F)c(CN(C)CC2CCOCC2)s1. The van der Waals surface area contributed by atoms with Gasteiger partial charge in [-0.05, 0) is 32.7 Å². The molecule has 20 heavy (non-hydrogen) atoms. The van der Waals surface area contributed by atoms with Gasteiger partial charge in [0.1, 0.15) is 0 Å². The first-order chi connectivity index (χ1) is 9.36. The Bertz CT molecular complexity index is 441. The second kappa shape index (κ2) is 6.41. The number of nitrogens with zero attached hydrogens (tertiary/aromatic N) is 2. The molecule has 0 unspecified atom stereocenters. The van der Waals surface area contributed by atoms with Crippen LogP contribution in [0.1, 0.15) is 28.4 Å². The molecule has 2 heterocycles. The fraction of sp³-hybridized carbons (Fsp3) is 0.769. The third kappa shape index (κ3) is 4.17. The first-order valence-electron chi connectivity index (χ1n) is 6.66. The van der Waals surface area contributed by atoms with Gasteiger partial charge < -0.3 is 9.64 Å². The predicted octanol–water partition coefficient (Wildman–Crippen LogP) is 3.33. The molecule has 114 valence electrons. The molecule has 1 aromatic rings. The van der Waals surface area contributed by atoms with Crippen LogP contribution < -0.4 is 0 Å². The summed E-state index contributed by atoms with van der Waals surface area (Å²) in [5.74, 6) is 0.511. The maximum absolute atomic E-state index is 12.9. The van der Waals surface area contributed by atoms with Crippen molar-refractivity contribution in [3.05, 3.63) is 15.6 Å². The molecule has 1 saturated heterocycles. The van der Waals surface area contributed by atoms with E-state index in [-0.39, 0.29) is 0 Å². The second-order valence-electron chi connectivity index (χ2n) is 5.25. The molecule has 2 rings (SSSR count). The monoisotopic (exact) mass is 308 g/mol. The zero-order chi connectivity index (χ0) is 14.8. The average molecular weight is 308 g/mol. The zero-order valence-corrected chi connectivity index (χ0v) is 12.5. The number of hydrogen-bond acceptors (Lipinski definition) is 4. The summed E-state index contributed by atoms with van der Waals surface area (Å²) in [6.07, 6.45) is -2.39. The van der Waals surface area contributed by atoms with Crippen LogP contribution in [0.3, 0.4) is 0 Å². The van der Waals surface area contributed by atoms with Gasteiger partial charge in [-0.2, -0.15) is 13.2 Å². The van der Waals surface area contributed by atoms with E-state index in [1.807, 2.05) is 11.9 Å². The first-order valence-corrected chi connectivity index (χ1v) is 7.47. The number of halogens is 3. The van der Waals surface area contributed by atoms with Crippen molar-refractivity contribution in [3.63, 3.8) is 0 Å². The van der Waals surface area contributed by atoms with E-state index in [1.54, 1.807) is 6.92 Å². The van der Waals surface area contributed by atoms with Crippen LogP contribution >= 0.6 is 11.3 Å². The smallest absolute Gasteiger partial charge is 0.381 e. The van der Waals surface area contributed by atoms with Gasteiger partial charge in [0.05, 0.1) is 9.88 Å². The number of rotatable bonds is 4. The molecule has 0 aromatic carbocycles. The molecular weight excluding hydrogens is 289 g/mol. The van der Waals surface area contributed by atoms with Crippen LogP contribution in [0, 0.1) is 12.8 Å². The number of aromatic nitrogens is 1. The minimum atomic E-state index is -4.36. The molecule has 0 radical (unpaired) electrons. The molecule has 0 bridgehead atoms. The van der Waals surface area contributed by atoms with E-state index in [0.29, 0.717) is 22.3 Å². The van der Waals surface area contributed by atoms with E-state index in [1.165, 1.54) is 0 Å². The van der Waals surface area contributed by atoms with Crippen LogP contribution in [0.15, 0.2) is 0 Å². The Morgan fingerprint density at radius 1 is 1.35 bits per heavy atom. The molecule has 0 amide bonds. The molecule has 3 nitrogen and oxygen atoms in total. The van der Waals surface area contributed by atoms with E-state index >= 15 is 0 Å². The highest BCUT2D eigenvalue weighted by Crippen LogP contribution is 2.34. The molecule has 0 N–H and O–H groups in total. The quantitative estimate of drug-likeness (QED) is 0.853. The predicted molar refractivity (Wildman–Crippen MR) is 71.7 cm³/mol. The molecule has 1 aliphatic rings. The Morgan fingerprint density at radius 2 is 2.00 bits per heavy atom. The van der Waals surface area contributed by atoms with Crippen LogP contribution in [0.4, 0.5) is 13.2 Å². The standard InChI is InChI=1S/C13H19F3N2OS/c1-9-17-12(13(14,15)16)11(20-9)8-18(2)7-10-3-5-19-6-4-10/h10H,3-8H2,1-2H3. The van der Waals surface area contributed by atoms with Crippen molar-refractivity contribution in [2.24, 2.45) is 5.92 Å². The Morgan fingerprint density at radius 3 is 2.60 bits per heavy atom. The lowest BCUT2D eigenvalue weighted by molar-refractivity contribution is -0.141. The van der Waals surface area contributed by atoms with Crippen molar-refractivity contribution >= 4 is 11.3 Å². The van der Waals surface area contributed by atoms with Crippen LogP contribution in [0.25, 0.3) is 0 Å². The van der Waals surface area contributed by atoms with Gasteiger partial charge in [0.25, 0.3) is 0 Å². The Balaban J connectivity index is 1.98. The van der Waals surface area contributed by atoms with Gasteiger partial charge in [-0.1, -0.05) is 0 Å². The fourth-order valence-electron chi connectivity index (χ4n) is 2.48. The Labute approximate surface area is 120 Å². The number of hydrogen-bond donors (Lipinski definition) is 0. The number of aryl methyl sites for hydroxylation is 1.